The molecular formula is C10H12N4O3S. The minimum atomic E-state index is -3.73. The second-order valence-electron chi connectivity index (χ2n) is 3.61. The van der Waals surface area contributed by atoms with E-state index in [2.05, 4.69) is 14.7 Å². The van der Waals surface area contributed by atoms with Crippen LogP contribution in [0.2, 0.25) is 0 Å². The van der Waals surface area contributed by atoms with Gasteiger partial charge in [0.05, 0.1) is 6.61 Å². The lowest BCUT2D eigenvalue weighted by Gasteiger charge is -2.03. The van der Waals surface area contributed by atoms with Gasteiger partial charge in [-0.25, -0.2) is 23.1 Å². The number of aliphatic hydroxyl groups excluding tert-OH is 1. The van der Waals surface area contributed by atoms with E-state index in [4.69, 9.17) is 5.11 Å². The van der Waals surface area contributed by atoms with Gasteiger partial charge in [-0.05, 0) is 12.1 Å². The number of aliphatic hydroxyl groups is 1. The van der Waals surface area contributed by atoms with E-state index in [1.54, 1.807) is 17.7 Å². The Morgan fingerprint density at radius 2 is 2.06 bits per heavy atom. The van der Waals surface area contributed by atoms with Gasteiger partial charge in [0.1, 0.15) is 4.90 Å². The number of sulfonamides is 1. The number of anilines is 1. The van der Waals surface area contributed by atoms with Crippen LogP contribution in [0.1, 0.15) is 5.69 Å². The molecule has 0 saturated carbocycles. The van der Waals surface area contributed by atoms with Crippen LogP contribution in [0, 0.1) is 0 Å². The fraction of sp³-hybridized carbons (Fsp3) is 0.200. The van der Waals surface area contributed by atoms with Crippen LogP contribution >= 0.6 is 0 Å². The zero-order valence-corrected chi connectivity index (χ0v) is 10.4. The lowest BCUT2D eigenvalue weighted by atomic mass is 10.5. The monoisotopic (exact) mass is 268 g/mol. The second kappa shape index (κ2) is 4.75. The molecule has 2 aromatic rings. The third-order valence-corrected chi connectivity index (χ3v) is 3.64. The third kappa shape index (κ3) is 2.49. The molecule has 8 heteroatoms. The van der Waals surface area contributed by atoms with Gasteiger partial charge in [-0.2, -0.15) is 0 Å². The lowest BCUT2D eigenvalue weighted by Crippen LogP contribution is -2.14. The number of aromatic nitrogens is 3. The Morgan fingerprint density at radius 1 is 1.39 bits per heavy atom. The van der Waals surface area contributed by atoms with E-state index in [9.17, 15) is 8.42 Å². The molecule has 0 aliphatic carbocycles. The first-order valence-electron chi connectivity index (χ1n) is 5.09. The highest BCUT2D eigenvalue weighted by Crippen LogP contribution is 2.15. The van der Waals surface area contributed by atoms with Crippen molar-refractivity contribution >= 4 is 16.0 Å². The minimum Gasteiger partial charge on any atom is -0.390 e. The predicted molar refractivity (Wildman–Crippen MR) is 64.2 cm³/mol. The van der Waals surface area contributed by atoms with Crippen molar-refractivity contribution in [2.75, 3.05) is 4.72 Å². The molecule has 0 radical (unpaired) electrons. The van der Waals surface area contributed by atoms with Gasteiger partial charge >= 0.3 is 0 Å². The summed E-state index contributed by atoms with van der Waals surface area (Å²) in [4.78, 5) is 7.62. The van der Waals surface area contributed by atoms with Gasteiger partial charge in [0.2, 0.25) is 5.95 Å². The summed E-state index contributed by atoms with van der Waals surface area (Å²) >= 11 is 0. The summed E-state index contributed by atoms with van der Waals surface area (Å²) in [5.74, 6) is 0.00639. The summed E-state index contributed by atoms with van der Waals surface area (Å²) in [5.41, 5.74) is 0.504. The van der Waals surface area contributed by atoms with Crippen LogP contribution in [0.5, 0.6) is 0 Å². The maximum atomic E-state index is 12.0. The molecule has 0 fully saturated rings. The van der Waals surface area contributed by atoms with Crippen molar-refractivity contribution in [1.82, 2.24) is 14.5 Å². The minimum absolute atomic E-state index is 0.00639. The Hall–Kier alpha value is -1.93. The maximum absolute atomic E-state index is 12.0. The van der Waals surface area contributed by atoms with Crippen molar-refractivity contribution in [3.63, 3.8) is 0 Å². The normalized spacial score (nSPS) is 11.4. The molecule has 2 aromatic heterocycles. The Labute approximate surface area is 104 Å². The van der Waals surface area contributed by atoms with Crippen molar-refractivity contribution in [1.29, 1.82) is 0 Å². The van der Waals surface area contributed by atoms with Crippen LogP contribution in [0.4, 0.5) is 5.95 Å². The van der Waals surface area contributed by atoms with E-state index in [0.717, 1.165) is 0 Å². The van der Waals surface area contributed by atoms with Gasteiger partial charge in [-0.15, -0.1) is 0 Å². The smallest absolute Gasteiger partial charge is 0.265 e. The summed E-state index contributed by atoms with van der Waals surface area (Å²) < 4.78 is 27.8. The Balaban J connectivity index is 2.31. The molecule has 7 nitrogen and oxygen atoms in total. The van der Waals surface area contributed by atoms with E-state index in [1.165, 1.54) is 24.7 Å². The van der Waals surface area contributed by atoms with Gasteiger partial charge in [0.25, 0.3) is 10.0 Å². The number of hydrogen-bond donors (Lipinski definition) is 2. The SMILES string of the molecule is Cn1cc(S(=O)(=O)Nc2ncccn2)cc1CO. The van der Waals surface area contributed by atoms with Crippen LogP contribution in [-0.4, -0.2) is 28.1 Å². The number of aryl methyl sites for hydroxylation is 1. The molecule has 0 atom stereocenters. The zero-order valence-electron chi connectivity index (χ0n) is 9.61. The largest absolute Gasteiger partial charge is 0.390 e. The third-order valence-electron chi connectivity index (χ3n) is 2.35. The average Bonchev–Trinajstić information content (AvgIpc) is 2.72. The molecule has 0 aliphatic heterocycles. The first-order chi connectivity index (χ1) is 8.53. The van der Waals surface area contributed by atoms with Crippen molar-refractivity contribution in [2.24, 2.45) is 7.05 Å². The summed E-state index contributed by atoms with van der Waals surface area (Å²) in [7, 11) is -2.08. The highest BCUT2D eigenvalue weighted by atomic mass is 32.2. The van der Waals surface area contributed by atoms with Gasteiger partial charge in [0, 0.05) is 31.3 Å². The molecular weight excluding hydrogens is 256 g/mol. The van der Waals surface area contributed by atoms with Gasteiger partial charge in [0.15, 0.2) is 0 Å². The van der Waals surface area contributed by atoms with Crippen LogP contribution in [0.25, 0.3) is 0 Å². The maximum Gasteiger partial charge on any atom is 0.265 e. The molecule has 0 spiro atoms. The van der Waals surface area contributed by atoms with Crippen LogP contribution in [0.3, 0.4) is 0 Å². The molecule has 96 valence electrons. The molecule has 0 aliphatic rings. The summed E-state index contributed by atoms with van der Waals surface area (Å²) in [6.45, 7) is -0.228. The van der Waals surface area contributed by atoms with Crippen molar-refractivity contribution in [3.05, 3.63) is 36.4 Å². The van der Waals surface area contributed by atoms with E-state index in [0.29, 0.717) is 5.69 Å². The lowest BCUT2D eigenvalue weighted by molar-refractivity contribution is 0.272. The highest BCUT2D eigenvalue weighted by molar-refractivity contribution is 7.92. The molecule has 0 saturated heterocycles. The van der Waals surface area contributed by atoms with E-state index in [1.807, 2.05) is 0 Å². The number of hydrogen-bond acceptors (Lipinski definition) is 5. The van der Waals surface area contributed by atoms with Crippen LogP contribution in [0.15, 0.2) is 35.6 Å². The van der Waals surface area contributed by atoms with Crippen molar-refractivity contribution in [3.8, 4) is 0 Å². The first-order valence-corrected chi connectivity index (χ1v) is 6.57. The molecule has 0 unspecified atom stereocenters. The molecule has 18 heavy (non-hydrogen) atoms. The van der Waals surface area contributed by atoms with E-state index >= 15 is 0 Å². The first kappa shape index (κ1) is 12.5. The van der Waals surface area contributed by atoms with Crippen molar-refractivity contribution < 1.29 is 13.5 Å². The number of nitrogens with one attached hydrogen (secondary N) is 1. The number of nitrogens with zero attached hydrogens (tertiary/aromatic N) is 3. The molecule has 2 N–H and O–H groups in total. The molecule has 2 heterocycles. The quantitative estimate of drug-likeness (QED) is 0.820. The van der Waals surface area contributed by atoms with Crippen LogP contribution < -0.4 is 4.72 Å². The Morgan fingerprint density at radius 3 is 2.61 bits per heavy atom. The predicted octanol–water partition coefficient (Wildman–Crippen LogP) is 0.108. The highest BCUT2D eigenvalue weighted by Gasteiger charge is 2.18. The standard InChI is InChI=1S/C10H12N4O3S/c1-14-6-9(5-8(14)7-15)18(16,17)13-10-11-3-2-4-12-10/h2-6,15H,7H2,1H3,(H,11,12,13). The Kier molecular flexibility index (Phi) is 3.30. The Bertz CT molecular complexity index is 636. The molecule has 0 aromatic carbocycles. The fourth-order valence-corrected chi connectivity index (χ4v) is 2.46. The fourth-order valence-electron chi connectivity index (χ4n) is 1.41. The summed E-state index contributed by atoms with van der Waals surface area (Å²) in [6.07, 6.45) is 4.29. The molecule has 0 bridgehead atoms. The van der Waals surface area contributed by atoms with Gasteiger partial charge < -0.3 is 9.67 Å². The van der Waals surface area contributed by atoms with E-state index in [-0.39, 0.29) is 17.5 Å². The second-order valence-corrected chi connectivity index (χ2v) is 5.30. The number of rotatable bonds is 4. The molecule has 0 amide bonds. The van der Waals surface area contributed by atoms with E-state index < -0.39 is 10.0 Å². The zero-order chi connectivity index (χ0) is 13.2. The topological polar surface area (TPSA) is 97.1 Å². The van der Waals surface area contributed by atoms with Gasteiger partial charge in [-0.1, -0.05) is 0 Å². The summed E-state index contributed by atoms with van der Waals surface area (Å²) in [5, 5.41) is 9.03. The van der Waals surface area contributed by atoms with Crippen LogP contribution in [-0.2, 0) is 23.7 Å². The summed E-state index contributed by atoms with van der Waals surface area (Å²) in [6, 6.07) is 2.98. The van der Waals surface area contributed by atoms with Crippen molar-refractivity contribution in [2.45, 2.75) is 11.5 Å². The molecule has 2 rings (SSSR count). The van der Waals surface area contributed by atoms with Gasteiger partial charge in [-0.3, -0.25) is 0 Å². The average molecular weight is 268 g/mol.